The number of carbonyl (C=O) groups is 1. The first-order chi connectivity index (χ1) is 14.6. The largest absolute Gasteiger partial charge is 0.481 e. The Labute approximate surface area is 187 Å². The summed E-state index contributed by atoms with van der Waals surface area (Å²) in [7, 11) is -1.55. The van der Waals surface area contributed by atoms with E-state index in [2.05, 4.69) is 19.8 Å². The minimum absolute atomic E-state index is 0.000651. The standard InChI is InChI=1S/C17H17Cl2N5O6S/c1-8-9(4-5-13(25)26)6-10(18)15(14(8)19)23-31(27,28)17-21-16-20-11(29-2)7-12(30-3)24(16)22-17/h6-7,23H,4-5H2,1-3H3,(H,25,26). The Hall–Kier alpha value is -2.83. The Balaban J connectivity index is 2.01. The smallest absolute Gasteiger partial charge is 0.303 e. The molecule has 0 amide bonds. The molecule has 11 nitrogen and oxygen atoms in total. The van der Waals surface area contributed by atoms with E-state index in [1.165, 1.54) is 26.4 Å². The third-order valence-corrected chi connectivity index (χ3v) is 6.21. The van der Waals surface area contributed by atoms with Crippen LogP contribution in [0.15, 0.2) is 17.3 Å². The molecular formula is C17H17Cl2N5O6S. The fraction of sp³-hybridized carbons (Fsp3) is 0.294. The average Bonchev–Trinajstić information content (AvgIpc) is 3.17. The summed E-state index contributed by atoms with van der Waals surface area (Å²) in [6, 6.07) is 2.88. The van der Waals surface area contributed by atoms with Crippen LogP contribution >= 0.6 is 23.2 Å². The summed E-state index contributed by atoms with van der Waals surface area (Å²) in [5.74, 6) is -0.721. The van der Waals surface area contributed by atoms with Gasteiger partial charge in [0.05, 0.1) is 36.0 Å². The van der Waals surface area contributed by atoms with Crippen LogP contribution in [0, 0.1) is 6.92 Å². The molecule has 0 unspecified atom stereocenters. The Kier molecular flexibility index (Phi) is 6.43. The third kappa shape index (κ3) is 4.60. The third-order valence-electron chi connectivity index (χ3n) is 4.31. The number of carboxylic acids is 1. The second-order valence-electron chi connectivity index (χ2n) is 6.28. The zero-order valence-electron chi connectivity index (χ0n) is 16.5. The molecule has 0 saturated carbocycles. The lowest BCUT2D eigenvalue weighted by molar-refractivity contribution is -0.136. The molecule has 0 aliphatic carbocycles. The molecule has 0 fully saturated rings. The Morgan fingerprint density at radius 3 is 2.55 bits per heavy atom. The van der Waals surface area contributed by atoms with Gasteiger partial charge in [-0.15, -0.1) is 5.10 Å². The molecule has 0 saturated heterocycles. The Morgan fingerprint density at radius 2 is 1.94 bits per heavy atom. The molecule has 0 bridgehead atoms. The van der Waals surface area contributed by atoms with E-state index in [1.54, 1.807) is 6.92 Å². The number of hydrogen-bond donors (Lipinski definition) is 2. The molecule has 2 heterocycles. The van der Waals surface area contributed by atoms with E-state index in [1.807, 2.05) is 0 Å². The van der Waals surface area contributed by atoms with Crippen molar-refractivity contribution in [3.63, 3.8) is 0 Å². The predicted octanol–water partition coefficient (Wildman–Crippen LogP) is 2.57. The Morgan fingerprint density at radius 1 is 1.23 bits per heavy atom. The maximum absolute atomic E-state index is 12.9. The number of halogens is 2. The van der Waals surface area contributed by atoms with Gasteiger partial charge in [-0.05, 0) is 30.5 Å². The van der Waals surface area contributed by atoms with E-state index < -0.39 is 21.1 Å². The van der Waals surface area contributed by atoms with E-state index in [0.717, 1.165) is 4.52 Å². The van der Waals surface area contributed by atoms with Crippen molar-refractivity contribution in [1.82, 2.24) is 19.6 Å². The maximum atomic E-state index is 12.9. The fourth-order valence-corrected chi connectivity index (χ4v) is 4.38. The highest BCUT2D eigenvalue weighted by molar-refractivity contribution is 7.92. The van der Waals surface area contributed by atoms with E-state index in [4.69, 9.17) is 37.8 Å². The van der Waals surface area contributed by atoms with Crippen LogP contribution in [0.25, 0.3) is 5.78 Å². The molecule has 1 aromatic carbocycles. The summed E-state index contributed by atoms with van der Waals surface area (Å²) in [5.41, 5.74) is 1.02. The van der Waals surface area contributed by atoms with Gasteiger partial charge in [0.25, 0.3) is 21.0 Å². The highest BCUT2D eigenvalue weighted by Gasteiger charge is 2.26. The quantitative estimate of drug-likeness (QED) is 0.487. The molecule has 14 heteroatoms. The number of aromatic nitrogens is 4. The second kappa shape index (κ2) is 8.73. The van der Waals surface area contributed by atoms with Crippen molar-refractivity contribution >= 4 is 50.7 Å². The summed E-state index contributed by atoms with van der Waals surface area (Å²) < 4.78 is 39.4. The number of benzene rings is 1. The van der Waals surface area contributed by atoms with Crippen LogP contribution in [0.1, 0.15) is 17.5 Å². The van der Waals surface area contributed by atoms with Gasteiger partial charge in [0.1, 0.15) is 0 Å². The van der Waals surface area contributed by atoms with Crippen LogP contribution in [0.4, 0.5) is 5.69 Å². The summed E-state index contributed by atoms with van der Waals surface area (Å²) in [5, 5.41) is 12.3. The van der Waals surface area contributed by atoms with Crippen LogP contribution in [-0.4, -0.2) is 53.3 Å². The van der Waals surface area contributed by atoms with Crippen LogP contribution in [0.5, 0.6) is 11.8 Å². The van der Waals surface area contributed by atoms with Gasteiger partial charge in [-0.2, -0.15) is 22.9 Å². The molecule has 0 atom stereocenters. The van der Waals surface area contributed by atoms with Gasteiger partial charge in [0, 0.05) is 6.42 Å². The number of ether oxygens (including phenoxy) is 2. The zero-order valence-corrected chi connectivity index (χ0v) is 18.8. The van der Waals surface area contributed by atoms with Gasteiger partial charge >= 0.3 is 5.97 Å². The normalized spacial score (nSPS) is 11.5. The molecule has 2 N–H and O–H groups in total. The summed E-state index contributed by atoms with van der Waals surface area (Å²) >= 11 is 12.6. The molecule has 31 heavy (non-hydrogen) atoms. The molecule has 0 aliphatic rings. The number of anilines is 1. The van der Waals surface area contributed by atoms with Crippen molar-refractivity contribution in [3.05, 3.63) is 33.3 Å². The average molecular weight is 490 g/mol. The van der Waals surface area contributed by atoms with Crippen LogP contribution in [0.3, 0.4) is 0 Å². The van der Waals surface area contributed by atoms with Crippen LogP contribution in [0.2, 0.25) is 10.0 Å². The second-order valence-corrected chi connectivity index (χ2v) is 8.64. The van der Waals surface area contributed by atoms with E-state index >= 15 is 0 Å². The van der Waals surface area contributed by atoms with Gasteiger partial charge in [-0.25, -0.2) is 0 Å². The van der Waals surface area contributed by atoms with E-state index in [9.17, 15) is 13.2 Å². The number of rotatable bonds is 8. The molecule has 3 aromatic rings. The molecule has 0 radical (unpaired) electrons. The zero-order chi connectivity index (χ0) is 22.9. The number of aliphatic carboxylic acids is 1. The van der Waals surface area contributed by atoms with Gasteiger partial charge in [-0.3, -0.25) is 9.52 Å². The van der Waals surface area contributed by atoms with E-state index in [0.29, 0.717) is 11.1 Å². The Bertz CT molecular complexity index is 1280. The lowest BCUT2D eigenvalue weighted by atomic mass is 10.0. The summed E-state index contributed by atoms with van der Waals surface area (Å²) in [6.07, 6.45) is 0.0664. The van der Waals surface area contributed by atoms with Crippen molar-refractivity contribution in [2.45, 2.75) is 24.9 Å². The predicted molar refractivity (Wildman–Crippen MR) is 112 cm³/mol. The van der Waals surface area contributed by atoms with Crippen LogP contribution in [-0.2, 0) is 21.2 Å². The van der Waals surface area contributed by atoms with Crippen molar-refractivity contribution in [1.29, 1.82) is 0 Å². The topological polar surface area (TPSA) is 145 Å². The number of carboxylic acid groups (broad SMARTS) is 1. The van der Waals surface area contributed by atoms with Crippen molar-refractivity contribution in [2.24, 2.45) is 0 Å². The molecule has 0 aliphatic heterocycles. The van der Waals surface area contributed by atoms with Gasteiger partial charge in [0.2, 0.25) is 11.8 Å². The first kappa shape index (κ1) is 22.8. The lowest BCUT2D eigenvalue weighted by Gasteiger charge is -2.14. The van der Waals surface area contributed by atoms with Crippen molar-refractivity contribution in [2.75, 3.05) is 18.9 Å². The van der Waals surface area contributed by atoms with E-state index in [-0.39, 0.29) is 46.1 Å². The fourth-order valence-electron chi connectivity index (χ4n) is 2.71. The number of sulfonamides is 1. The first-order valence-electron chi connectivity index (χ1n) is 8.65. The summed E-state index contributed by atoms with van der Waals surface area (Å²) in [6.45, 7) is 1.64. The van der Waals surface area contributed by atoms with Gasteiger partial charge < -0.3 is 14.6 Å². The number of aryl methyl sites for hydroxylation is 1. The number of fused-ring (bicyclic) bond motifs is 1. The number of methoxy groups -OCH3 is 2. The maximum Gasteiger partial charge on any atom is 0.303 e. The highest BCUT2D eigenvalue weighted by atomic mass is 35.5. The molecular weight excluding hydrogens is 473 g/mol. The summed E-state index contributed by atoms with van der Waals surface area (Å²) in [4.78, 5) is 18.8. The lowest BCUT2D eigenvalue weighted by Crippen LogP contribution is -2.16. The number of hydrogen-bond acceptors (Lipinski definition) is 8. The minimum atomic E-state index is -4.31. The van der Waals surface area contributed by atoms with Crippen LogP contribution < -0.4 is 14.2 Å². The monoisotopic (exact) mass is 489 g/mol. The highest BCUT2D eigenvalue weighted by Crippen LogP contribution is 2.37. The minimum Gasteiger partial charge on any atom is -0.481 e. The van der Waals surface area contributed by atoms with Crippen molar-refractivity contribution < 1.29 is 27.8 Å². The molecule has 2 aromatic heterocycles. The van der Waals surface area contributed by atoms with Gasteiger partial charge in [-0.1, -0.05) is 23.2 Å². The van der Waals surface area contributed by atoms with Crippen molar-refractivity contribution in [3.8, 4) is 11.8 Å². The van der Waals surface area contributed by atoms with Gasteiger partial charge in [0.15, 0.2) is 0 Å². The number of nitrogens with zero attached hydrogens (tertiary/aromatic N) is 4. The first-order valence-corrected chi connectivity index (χ1v) is 10.9. The molecule has 3 rings (SSSR count). The molecule has 0 spiro atoms. The molecule has 166 valence electrons. The SMILES string of the molecule is COc1cc(OC)n2nc(S(=O)(=O)Nc3c(Cl)cc(CCC(=O)O)c(C)c3Cl)nc2n1. The number of nitrogens with one attached hydrogen (secondary N) is 1.